The summed E-state index contributed by atoms with van der Waals surface area (Å²) < 4.78 is 85.8. The van der Waals surface area contributed by atoms with E-state index in [1.54, 1.807) is 0 Å². The van der Waals surface area contributed by atoms with Gasteiger partial charge in [0, 0.05) is 5.92 Å². The molecule has 92 valence electrons. The van der Waals surface area contributed by atoms with Crippen LogP contribution in [0.3, 0.4) is 0 Å². The van der Waals surface area contributed by atoms with Crippen LogP contribution in [0.2, 0.25) is 0 Å². The lowest BCUT2D eigenvalue weighted by atomic mass is 9.87. The zero-order chi connectivity index (χ0) is 12.7. The molecule has 0 rings (SSSR count). The quantitative estimate of drug-likeness (QED) is 0.754. The number of halogens is 7. The van der Waals surface area contributed by atoms with Crippen LogP contribution in [-0.4, -0.2) is 29.2 Å². The Morgan fingerprint density at radius 3 is 1.33 bits per heavy atom. The van der Waals surface area contributed by atoms with Crippen molar-refractivity contribution in [1.82, 2.24) is 0 Å². The van der Waals surface area contributed by atoms with Crippen LogP contribution in [0.1, 0.15) is 13.8 Å². The van der Waals surface area contributed by atoms with Gasteiger partial charge >= 0.3 is 6.18 Å². The minimum Gasteiger partial charge on any atom is -0.372 e. The van der Waals surface area contributed by atoms with Gasteiger partial charge in [-0.2, -0.15) is 13.2 Å². The lowest BCUT2D eigenvalue weighted by Crippen LogP contribution is -2.65. The van der Waals surface area contributed by atoms with Gasteiger partial charge in [0.1, 0.15) is 0 Å². The number of aliphatic hydroxyl groups is 1. The fraction of sp³-hybridized carbons (Fsp3) is 1.00. The second kappa shape index (κ2) is 3.80. The summed E-state index contributed by atoms with van der Waals surface area (Å²) in [5.41, 5.74) is -5.31. The molecular weight excluding hydrogens is 233 g/mol. The van der Waals surface area contributed by atoms with E-state index in [4.69, 9.17) is 5.11 Å². The van der Waals surface area contributed by atoms with Gasteiger partial charge in [-0.15, -0.1) is 0 Å². The molecule has 15 heavy (non-hydrogen) atoms. The first-order valence-electron chi connectivity index (χ1n) is 3.84. The average Bonchev–Trinajstić information content (AvgIpc) is 1.99. The number of hydrogen-bond acceptors (Lipinski definition) is 1. The monoisotopic (exact) mass is 242 g/mol. The van der Waals surface area contributed by atoms with Crippen LogP contribution in [0.4, 0.5) is 30.7 Å². The fourth-order valence-electron chi connectivity index (χ4n) is 0.898. The first-order valence-corrected chi connectivity index (χ1v) is 3.84. The minimum absolute atomic E-state index is 0.610. The van der Waals surface area contributed by atoms with Crippen LogP contribution >= 0.6 is 0 Å². The second-order valence-electron chi connectivity index (χ2n) is 3.34. The van der Waals surface area contributed by atoms with E-state index < -0.39 is 30.0 Å². The van der Waals surface area contributed by atoms with Crippen LogP contribution < -0.4 is 0 Å². The lowest BCUT2D eigenvalue weighted by Gasteiger charge is -2.38. The molecular formula is C7H9F7O. The molecule has 0 aromatic carbocycles. The lowest BCUT2D eigenvalue weighted by molar-refractivity contribution is -0.373. The molecule has 0 aliphatic rings. The van der Waals surface area contributed by atoms with E-state index in [1.807, 2.05) is 0 Å². The molecule has 0 aliphatic carbocycles. The van der Waals surface area contributed by atoms with Crippen molar-refractivity contribution in [3.05, 3.63) is 0 Å². The van der Waals surface area contributed by atoms with Gasteiger partial charge in [-0.1, -0.05) is 13.8 Å². The third kappa shape index (κ3) is 2.04. The van der Waals surface area contributed by atoms with E-state index in [0.717, 1.165) is 0 Å². The number of hydrogen-bond donors (Lipinski definition) is 1. The average molecular weight is 242 g/mol. The molecule has 0 amide bonds. The molecule has 0 fully saturated rings. The third-order valence-electron chi connectivity index (χ3n) is 1.98. The molecule has 0 heterocycles. The van der Waals surface area contributed by atoms with Gasteiger partial charge < -0.3 is 5.11 Å². The van der Waals surface area contributed by atoms with Crippen molar-refractivity contribution in [2.75, 3.05) is 0 Å². The molecule has 0 aromatic heterocycles. The Morgan fingerprint density at radius 2 is 1.27 bits per heavy atom. The summed E-state index contributed by atoms with van der Waals surface area (Å²) in [4.78, 5) is 0. The molecule has 1 atom stereocenters. The van der Waals surface area contributed by atoms with E-state index in [2.05, 4.69) is 0 Å². The Kier molecular flexibility index (Phi) is 3.67. The van der Waals surface area contributed by atoms with Crippen LogP contribution in [0.15, 0.2) is 0 Å². The fourth-order valence-corrected chi connectivity index (χ4v) is 0.898. The summed E-state index contributed by atoms with van der Waals surface area (Å²) in [6.45, 7) is 1.22. The zero-order valence-electron chi connectivity index (χ0n) is 7.75. The van der Waals surface area contributed by atoms with Crippen molar-refractivity contribution in [2.45, 2.75) is 38.0 Å². The van der Waals surface area contributed by atoms with Crippen molar-refractivity contribution in [3.63, 3.8) is 0 Å². The van der Waals surface area contributed by atoms with Gasteiger partial charge in [-0.3, -0.25) is 0 Å². The smallest absolute Gasteiger partial charge is 0.372 e. The molecule has 1 nitrogen and oxygen atoms in total. The van der Waals surface area contributed by atoms with Crippen molar-refractivity contribution in [1.29, 1.82) is 0 Å². The van der Waals surface area contributed by atoms with Gasteiger partial charge in [0.05, 0.1) is 0 Å². The summed E-state index contributed by atoms with van der Waals surface area (Å²) in [6.07, 6.45) is -10.7. The summed E-state index contributed by atoms with van der Waals surface area (Å²) in [5.74, 6) is -7.03. The first-order chi connectivity index (χ1) is 6.39. The van der Waals surface area contributed by atoms with Gasteiger partial charge in [-0.05, 0) is 0 Å². The molecule has 0 aliphatic heterocycles. The van der Waals surface area contributed by atoms with Gasteiger partial charge in [0.15, 0.2) is 0 Å². The molecule has 0 aromatic rings. The Morgan fingerprint density at radius 1 is 0.933 bits per heavy atom. The van der Waals surface area contributed by atoms with E-state index in [0.29, 0.717) is 13.8 Å². The van der Waals surface area contributed by atoms with Crippen molar-refractivity contribution in [2.24, 2.45) is 5.92 Å². The standard InChI is InChI=1S/C7H9F7O/c1-3(2)6(10,11)5(15,4(8)9)7(12,13)14/h3-4,15H,1-2H3. The van der Waals surface area contributed by atoms with Crippen molar-refractivity contribution in [3.8, 4) is 0 Å². The highest BCUT2D eigenvalue weighted by molar-refractivity contribution is 5.02. The highest BCUT2D eigenvalue weighted by atomic mass is 19.4. The van der Waals surface area contributed by atoms with E-state index in [1.165, 1.54) is 0 Å². The summed E-state index contributed by atoms with van der Waals surface area (Å²) >= 11 is 0. The maximum Gasteiger partial charge on any atom is 0.429 e. The van der Waals surface area contributed by atoms with Gasteiger partial charge in [0.2, 0.25) is 0 Å². The van der Waals surface area contributed by atoms with Crippen molar-refractivity contribution >= 4 is 0 Å². The molecule has 0 saturated heterocycles. The minimum atomic E-state index is -6.10. The normalized spacial score (nSPS) is 18.4. The Hall–Kier alpha value is -0.530. The highest BCUT2D eigenvalue weighted by Crippen LogP contribution is 2.49. The van der Waals surface area contributed by atoms with Crippen LogP contribution in [0, 0.1) is 5.92 Å². The first kappa shape index (κ1) is 14.5. The van der Waals surface area contributed by atoms with Gasteiger partial charge in [0.25, 0.3) is 17.9 Å². The van der Waals surface area contributed by atoms with Crippen LogP contribution in [0.25, 0.3) is 0 Å². The molecule has 1 N–H and O–H groups in total. The number of rotatable bonds is 3. The molecule has 0 bridgehead atoms. The maximum absolute atomic E-state index is 12.9. The highest BCUT2D eigenvalue weighted by Gasteiger charge is 2.75. The summed E-state index contributed by atoms with van der Waals surface area (Å²) in [5, 5.41) is 8.50. The predicted octanol–water partition coefficient (Wildman–Crippen LogP) is 2.84. The molecule has 0 radical (unpaired) electrons. The Labute approximate surface area is 80.9 Å². The zero-order valence-corrected chi connectivity index (χ0v) is 7.75. The number of alkyl halides is 7. The molecule has 1 unspecified atom stereocenters. The molecule has 8 heteroatoms. The van der Waals surface area contributed by atoms with Crippen LogP contribution in [0.5, 0.6) is 0 Å². The Bertz CT molecular complexity index is 222. The topological polar surface area (TPSA) is 20.2 Å². The van der Waals surface area contributed by atoms with Crippen LogP contribution in [-0.2, 0) is 0 Å². The second-order valence-corrected chi connectivity index (χ2v) is 3.34. The largest absolute Gasteiger partial charge is 0.429 e. The summed E-state index contributed by atoms with van der Waals surface area (Å²) in [6, 6.07) is 0. The van der Waals surface area contributed by atoms with Crippen molar-refractivity contribution < 1.29 is 35.8 Å². The van der Waals surface area contributed by atoms with Gasteiger partial charge in [-0.25, -0.2) is 17.6 Å². The van der Waals surface area contributed by atoms with E-state index >= 15 is 0 Å². The SMILES string of the molecule is CC(C)C(F)(F)C(O)(C(F)F)C(F)(F)F. The third-order valence-corrected chi connectivity index (χ3v) is 1.98. The summed E-state index contributed by atoms with van der Waals surface area (Å²) in [7, 11) is 0. The molecule has 0 spiro atoms. The maximum atomic E-state index is 12.9. The predicted molar refractivity (Wildman–Crippen MR) is 36.8 cm³/mol. The van der Waals surface area contributed by atoms with E-state index in [-0.39, 0.29) is 0 Å². The Balaban J connectivity index is 5.51. The molecule has 0 saturated carbocycles. The van der Waals surface area contributed by atoms with E-state index in [9.17, 15) is 30.7 Å².